The molecule has 0 atom stereocenters. The second kappa shape index (κ2) is 10.4. The number of terminal acetylenes is 1. The van der Waals surface area contributed by atoms with Gasteiger partial charge in [0.05, 0.1) is 24.3 Å². The Morgan fingerprint density at radius 1 is 1.29 bits per heavy atom. The molecule has 3 rings (SSSR count). The summed E-state index contributed by atoms with van der Waals surface area (Å²) in [7, 11) is 0. The molecule has 0 spiro atoms. The number of benzene rings is 1. The first kappa shape index (κ1) is 22.1. The van der Waals surface area contributed by atoms with E-state index < -0.39 is 17.1 Å². The summed E-state index contributed by atoms with van der Waals surface area (Å²) in [5.74, 6) is 2.92. The van der Waals surface area contributed by atoms with Crippen LogP contribution in [0.3, 0.4) is 0 Å². The highest BCUT2D eigenvalue weighted by Gasteiger charge is 2.36. The smallest absolute Gasteiger partial charge is 0.294 e. The van der Waals surface area contributed by atoms with Gasteiger partial charge in [0, 0.05) is 0 Å². The van der Waals surface area contributed by atoms with Crippen molar-refractivity contribution in [2.75, 3.05) is 19.8 Å². The summed E-state index contributed by atoms with van der Waals surface area (Å²) in [6, 6.07) is 8.51. The van der Waals surface area contributed by atoms with Crippen LogP contribution in [-0.2, 0) is 16.1 Å². The lowest BCUT2D eigenvalue weighted by molar-refractivity contribution is -0.129. The van der Waals surface area contributed by atoms with Crippen molar-refractivity contribution in [1.29, 1.82) is 0 Å². The molecule has 2 heterocycles. The molecule has 1 aliphatic heterocycles. The summed E-state index contributed by atoms with van der Waals surface area (Å²) in [4.78, 5) is 38.1. The van der Waals surface area contributed by atoms with Gasteiger partial charge in [0.25, 0.3) is 11.1 Å². The molecule has 160 valence electrons. The minimum Gasteiger partial charge on any atom is -0.490 e. The fourth-order valence-electron chi connectivity index (χ4n) is 2.71. The molecule has 9 heteroatoms. The van der Waals surface area contributed by atoms with Crippen molar-refractivity contribution < 1.29 is 28.3 Å². The third-order valence-corrected chi connectivity index (χ3v) is 5.00. The molecule has 0 aliphatic carbocycles. The lowest BCUT2D eigenvalue weighted by Crippen LogP contribution is -2.39. The molecule has 1 fully saturated rings. The van der Waals surface area contributed by atoms with Gasteiger partial charge in [0.15, 0.2) is 11.5 Å². The number of imide groups is 1. The van der Waals surface area contributed by atoms with Crippen molar-refractivity contribution in [3.63, 3.8) is 0 Å². The van der Waals surface area contributed by atoms with Crippen LogP contribution in [0.2, 0.25) is 0 Å². The molecule has 8 nitrogen and oxygen atoms in total. The predicted octanol–water partition coefficient (Wildman–Crippen LogP) is 3.04. The Balaban J connectivity index is 1.68. The predicted molar refractivity (Wildman–Crippen MR) is 115 cm³/mol. The molecular weight excluding hydrogens is 420 g/mol. The Bertz CT molecular complexity index is 1040. The molecule has 0 saturated carbocycles. The van der Waals surface area contributed by atoms with E-state index in [-0.39, 0.29) is 24.6 Å². The number of carbonyl (C=O) groups is 3. The molecule has 0 unspecified atom stereocenters. The number of carbonyl (C=O) groups excluding carboxylic acids is 3. The highest BCUT2D eigenvalue weighted by atomic mass is 32.2. The van der Waals surface area contributed by atoms with Crippen molar-refractivity contribution in [3.05, 3.63) is 52.8 Å². The highest BCUT2D eigenvalue weighted by Crippen LogP contribution is 2.34. The van der Waals surface area contributed by atoms with E-state index in [2.05, 4.69) is 11.2 Å². The van der Waals surface area contributed by atoms with Crippen LogP contribution < -0.4 is 14.8 Å². The molecule has 3 amide bonds. The Hall–Kier alpha value is -3.64. The van der Waals surface area contributed by atoms with Gasteiger partial charge in [-0.25, -0.2) is 0 Å². The quantitative estimate of drug-likeness (QED) is 0.473. The van der Waals surface area contributed by atoms with Crippen LogP contribution in [0.1, 0.15) is 18.2 Å². The van der Waals surface area contributed by atoms with Gasteiger partial charge in [0.2, 0.25) is 5.91 Å². The second-order valence-electron chi connectivity index (χ2n) is 6.26. The van der Waals surface area contributed by atoms with E-state index in [0.29, 0.717) is 29.4 Å². The number of nitrogens with one attached hydrogen (secondary N) is 1. The minimum atomic E-state index is -0.534. The fourth-order valence-corrected chi connectivity index (χ4v) is 3.55. The third-order valence-electron chi connectivity index (χ3n) is 4.09. The van der Waals surface area contributed by atoms with E-state index in [1.807, 2.05) is 6.92 Å². The Morgan fingerprint density at radius 3 is 2.84 bits per heavy atom. The number of thioether (sulfide) groups is 1. The van der Waals surface area contributed by atoms with Crippen LogP contribution in [0.15, 0.2) is 45.9 Å². The van der Waals surface area contributed by atoms with Crippen molar-refractivity contribution in [1.82, 2.24) is 10.2 Å². The average Bonchev–Trinajstić information content (AvgIpc) is 3.36. The van der Waals surface area contributed by atoms with Crippen LogP contribution in [0, 0.1) is 12.3 Å². The standard InChI is InChI=1S/C22H20N2O6S/c1-3-9-30-17-8-7-15(11-18(17)28-4-2)12-19-21(26)24(22(27)31-19)14-20(25)23-13-16-6-5-10-29-16/h1,5-8,10-12H,4,9,13-14H2,2H3,(H,23,25)/b19-12-. The molecule has 2 aromatic rings. The first-order chi connectivity index (χ1) is 15.0. The lowest BCUT2D eigenvalue weighted by Gasteiger charge is -2.12. The van der Waals surface area contributed by atoms with Gasteiger partial charge in [0.1, 0.15) is 18.9 Å². The third kappa shape index (κ3) is 5.71. The molecular formula is C22H20N2O6S. The normalized spacial score (nSPS) is 14.6. The van der Waals surface area contributed by atoms with E-state index in [9.17, 15) is 14.4 Å². The number of furan rings is 1. The lowest BCUT2D eigenvalue weighted by atomic mass is 10.2. The van der Waals surface area contributed by atoms with Gasteiger partial charge in [-0.05, 0) is 54.6 Å². The molecule has 1 N–H and O–H groups in total. The molecule has 0 bridgehead atoms. The minimum absolute atomic E-state index is 0.0975. The van der Waals surface area contributed by atoms with Crippen molar-refractivity contribution in [3.8, 4) is 23.8 Å². The van der Waals surface area contributed by atoms with Crippen LogP contribution in [0.5, 0.6) is 11.5 Å². The van der Waals surface area contributed by atoms with Gasteiger partial charge in [-0.1, -0.05) is 12.0 Å². The summed E-state index contributed by atoms with van der Waals surface area (Å²) in [5.41, 5.74) is 0.643. The number of hydrogen-bond acceptors (Lipinski definition) is 7. The summed E-state index contributed by atoms with van der Waals surface area (Å²) in [6.45, 7) is 2.15. The van der Waals surface area contributed by atoms with Crippen molar-refractivity contribution in [2.45, 2.75) is 13.5 Å². The maximum Gasteiger partial charge on any atom is 0.294 e. The summed E-state index contributed by atoms with van der Waals surface area (Å²) in [6.07, 6.45) is 8.29. The number of hydrogen-bond donors (Lipinski definition) is 1. The van der Waals surface area contributed by atoms with Crippen LogP contribution in [-0.4, -0.2) is 41.7 Å². The van der Waals surface area contributed by atoms with Crippen LogP contribution >= 0.6 is 11.8 Å². The zero-order chi connectivity index (χ0) is 22.2. The number of ether oxygens (including phenoxy) is 2. The molecule has 1 aliphatic rings. The molecule has 0 radical (unpaired) electrons. The Labute approximate surface area is 183 Å². The van der Waals surface area contributed by atoms with Gasteiger partial charge in [-0.15, -0.1) is 6.42 Å². The topological polar surface area (TPSA) is 98.1 Å². The maximum atomic E-state index is 12.6. The van der Waals surface area contributed by atoms with E-state index in [1.165, 1.54) is 6.26 Å². The largest absolute Gasteiger partial charge is 0.490 e. The van der Waals surface area contributed by atoms with Gasteiger partial charge < -0.3 is 19.2 Å². The first-order valence-electron chi connectivity index (χ1n) is 9.39. The van der Waals surface area contributed by atoms with E-state index in [1.54, 1.807) is 36.4 Å². The van der Waals surface area contributed by atoms with Crippen molar-refractivity contribution in [2.24, 2.45) is 0 Å². The Morgan fingerprint density at radius 2 is 2.13 bits per heavy atom. The SMILES string of the molecule is C#CCOc1ccc(/C=C2\SC(=O)N(CC(=O)NCc3ccco3)C2=O)cc1OCC. The van der Waals surface area contributed by atoms with E-state index >= 15 is 0 Å². The fraction of sp³-hybridized carbons (Fsp3) is 0.227. The maximum absolute atomic E-state index is 12.6. The number of rotatable bonds is 9. The summed E-state index contributed by atoms with van der Waals surface area (Å²) < 4.78 is 16.1. The molecule has 1 saturated heterocycles. The van der Waals surface area contributed by atoms with Crippen LogP contribution in [0.25, 0.3) is 6.08 Å². The zero-order valence-corrected chi connectivity index (χ0v) is 17.6. The average molecular weight is 440 g/mol. The van der Waals surface area contributed by atoms with Gasteiger partial charge in [-0.2, -0.15) is 0 Å². The molecule has 31 heavy (non-hydrogen) atoms. The Kier molecular flexibility index (Phi) is 7.40. The van der Waals surface area contributed by atoms with E-state index in [4.69, 9.17) is 20.3 Å². The van der Waals surface area contributed by atoms with E-state index in [0.717, 1.165) is 16.7 Å². The van der Waals surface area contributed by atoms with Gasteiger partial charge in [-0.3, -0.25) is 19.3 Å². The highest BCUT2D eigenvalue weighted by molar-refractivity contribution is 8.18. The summed E-state index contributed by atoms with van der Waals surface area (Å²) in [5, 5.41) is 2.10. The van der Waals surface area contributed by atoms with Crippen LogP contribution in [0.4, 0.5) is 4.79 Å². The number of nitrogens with zero attached hydrogens (tertiary/aromatic N) is 1. The summed E-state index contributed by atoms with van der Waals surface area (Å²) >= 11 is 0.773. The zero-order valence-electron chi connectivity index (χ0n) is 16.8. The number of amides is 3. The first-order valence-corrected chi connectivity index (χ1v) is 10.2. The van der Waals surface area contributed by atoms with Crippen molar-refractivity contribution >= 4 is 34.9 Å². The molecule has 1 aromatic carbocycles. The van der Waals surface area contributed by atoms with Gasteiger partial charge >= 0.3 is 0 Å². The monoisotopic (exact) mass is 440 g/mol. The molecule has 1 aromatic heterocycles. The second-order valence-corrected chi connectivity index (χ2v) is 7.25.